The van der Waals surface area contributed by atoms with Gasteiger partial charge in [0.1, 0.15) is 0 Å². The maximum absolute atomic E-state index is 12.7. The number of nitrogens with one attached hydrogen (secondary N) is 1. The minimum Gasteiger partial charge on any atom is -0.457 e. The SMILES string of the molecule is CCc1ccc(N2C[C@@H](C(=O)OCC(=O)c3c(C)[nH]c4ccccc34)CC2=O)cc1. The Kier molecular flexibility index (Phi) is 5.40. The predicted molar refractivity (Wildman–Crippen MR) is 115 cm³/mol. The molecule has 1 N–H and O–H groups in total. The number of amides is 1. The number of aromatic amines is 1. The van der Waals surface area contributed by atoms with Crippen LogP contribution in [0.4, 0.5) is 5.69 Å². The van der Waals surface area contributed by atoms with E-state index in [4.69, 9.17) is 4.74 Å². The molecule has 30 heavy (non-hydrogen) atoms. The van der Waals surface area contributed by atoms with Crippen molar-refractivity contribution in [2.75, 3.05) is 18.1 Å². The molecule has 1 amide bonds. The molecule has 3 aromatic rings. The third kappa shape index (κ3) is 3.73. The van der Waals surface area contributed by atoms with E-state index in [9.17, 15) is 14.4 Å². The van der Waals surface area contributed by atoms with Gasteiger partial charge < -0.3 is 14.6 Å². The Morgan fingerprint density at radius 1 is 1.13 bits per heavy atom. The molecule has 0 aliphatic carbocycles. The molecule has 0 unspecified atom stereocenters. The number of esters is 1. The molecular weight excluding hydrogens is 380 g/mol. The molecule has 1 aliphatic heterocycles. The van der Waals surface area contributed by atoms with Crippen molar-refractivity contribution >= 4 is 34.3 Å². The molecule has 0 spiro atoms. The van der Waals surface area contributed by atoms with Crippen LogP contribution in [0.3, 0.4) is 0 Å². The van der Waals surface area contributed by atoms with Gasteiger partial charge in [-0.25, -0.2) is 0 Å². The van der Waals surface area contributed by atoms with E-state index in [1.807, 2.05) is 55.5 Å². The molecule has 1 saturated heterocycles. The Balaban J connectivity index is 1.40. The molecule has 6 heteroatoms. The number of aromatic nitrogens is 1. The maximum atomic E-state index is 12.7. The molecule has 154 valence electrons. The highest BCUT2D eigenvalue weighted by molar-refractivity contribution is 6.10. The van der Waals surface area contributed by atoms with Crippen LogP contribution in [-0.4, -0.2) is 35.8 Å². The maximum Gasteiger partial charge on any atom is 0.311 e. The van der Waals surface area contributed by atoms with Crippen LogP contribution in [-0.2, 0) is 20.7 Å². The number of ketones is 1. The zero-order chi connectivity index (χ0) is 21.3. The van der Waals surface area contributed by atoms with Crippen molar-refractivity contribution in [1.29, 1.82) is 0 Å². The number of anilines is 1. The number of ether oxygens (including phenoxy) is 1. The summed E-state index contributed by atoms with van der Waals surface area (Å²) in [5, 5.41) is 0.814. The van der Waals surface area contributed by atoms with Gasteiger partial charge in [0.15, 0.2) is 6.61 Å². The number of para-hydroxylation sites is 1. The highest BCUT2D eigenvalue weighted by Crippen LogP contribution is 2.27. The summed E-state index contributed by atoms with van der Waals surface area (Å²) < 4.78 is 5.30. The molecule has 1 fully saturated rings. The topological polar surface area (TPSA) is 79.5 Å². The molecule has 0 radical (unpaired) electrons. The third-order valence-corrected chi connectivity index (χ3v) is 5.63. The molecule has 1 aliphatic rings. The number of rotatable bonds is 6. The molecule has 6 nitrogen and oxygen atoms in total. The molecule has 2 heterocycles. The largest absolute Gasteiger partial charge is 0.457 e. The Labute approximate surface area is 174 Å². The minimum absolute atomic E-state index is 0.0919. The quantitative estimate of drug-likeness (QED) is 0.500. The lowest BCUT2D eigenvalue weighted by molar-refractivity contribution is -0.147. The summed E-state index contributed by atoms with van der Waals surface area (Å²) in [6.07, 6.45) is 1.02. The first-order valence-corrected chi connectivity index (χ1v) is 10.1. The van der Waals surface area contributed by atoms with Crippen molar-refractivity contribution in [2.24, 2.45) is 5.92 Å². The van der Waals surface area contributed by atoms with Gasteiger partial charge in [-0.3, -0.25) is 14.4 Å². The number of nitrogens with zero attached hydrogens (tertiary/aromatic N) is 1. The zero-order valence-corrected chi connectivity index (χ0v) is 17.1. The van der Waals surface area contributed by atoms with Gasteiger partial charge in [0.2, 0.25) is 11.7 Å². The van der Waals surface area contributed by atoms with E-state index in [0.717, 1.165) is 28.7 Å². The van der Waals surface area contributed by atoms with Crippen LogP contribution in [0.5, 0.6) is 0 Å². The highest BCUT2D eigenvalue weighted by Gasteiger charge is 2.36. The predicted octanol–water partition coefficient (Wildman–Crippen LogP) is 3.82. The van der Waals surface area contributed by atoms with Gasteiger partial charge >= 0.3 is 5.97 Å². The van der Waals surface area contributed by atoms with Gasteiger partial charge in [0, 0.05) is 40.8 Å². The van der Waals surface area contributed by atoms with E-state index in [-0.39, 0.29) is 31.3 Å². The average molecular weight is 404 g/mol. The molecule has 4 rings (SSSR count). The zero-order valence-electron chi connectivity index (χ0n) is 17.1. The summed E-state index contributed by atoms with van der Waals surface area (Å²) in [6.45, 7) is 3.83. The van der Waals surface area contributed by atoms with E-state index in [1.165, 1.54) is 5.56 Å². The van der Waals surface area contributed by atoms with Crippen LogP contribution in [0.1, 0.15) is 35.0 Å². The van der Waals surface area contributed by atoms with Crippen LogP contribution in [0.2, 0.25) is 0 Å². The Morgan fingerprint density at radius 3 is 2.60 bits per heavy atom. The molecule has 1 aromatic heterocycles. The van der Waals surface area contributed by atoms with Gasteiger partial charge in [-0.1, -0.05) is 37.3 Å². The van der Waals surface area contributed by atoms with Crippen molar-refractivity contribution in [3.05, 3.63) is 65.4 Å². The molecule has 0 saturated carbocycles. The molecule has 2 aromatic carbocycles. The van der Waals surface area contributed by atoms with Crippen molar-refractivity contribution < 1.29 is 19.1 Å². The van der Waals surface area contributed by atoms with Gasteiger partial charge in [-0.2, -0.15) is 0 Å². The van der Waals surface area contributed by atoms with Crippen molar-refractivity contribution in [3.8, 4) is 0 Å². The van der Waals surface area contributed by atoms with E-state index in [2.05, 4.69) is 11.9 Å². The normalized spacial score (nSPS) is 16.3. The van der Waals surface area contributed by atoms with Gasteiger partial charge in [0.05, 0.1) is 5.92 Å². The van der Waals surface area contributed by atoms with E-state index < -0.39 is 11.9 Å². The number of carbonyl (C=O) groups is 3. The second-order valence-electron chi connectivity index (χ2n) is 7.63. The third-order valence-electron chi connectivity index (χ3n) is 5.63. The van der Waals surface area contributed by atoms with Crippen LogP contribution in [0, 0.1) is 12.8 Å². The summed E-state index contributed by atoms with van der Waals surface area (Å²) in [5.41, 5.74) is 4.12. The van der Waals surface area contributed by atoms with E-state index >= 15 is 0 Å². The standard InChI is InChI=1S/C24H24N2O4/c1-3-16-8-10-18(11-9-16)26-13-17(12-22(26)28)24(29)30-14-21(27)23-15(2)25-20-7-5-4-6-19(20)23/h4-11,17,25H,3,12-14H2,1-2H3/t17-/m0/s1. The summed E-state index contributed by atoms with van der Waals surface area (Å²) in [5.74, 6) is -1.45. The van der Waals surface area contributed by atoms with Crippen LogP contribution in [0.15, 0.2) is 48.5 Å². The fourth-order valence-corrected chi connectivity index (χ4v) is 3.99. The Hall–Kier alpha value is -3.41. The van der Waals surface area contributed by atoms with Crippen molar-refractivity contribution in [2.45, 2.75) is 26.7 Å². The second kappa shape index (κ2) is 8.14. The summed E-state index contributed by atoms with van der Waals surface area (Å²) in [7, 11) is 0. The van der Waals surface area contributed by atoms with Gasteiger partial charge in [0.25, 0.3) is 0 Å². The fourth-order valence-electron chi connectivity index (χ4n) is 3.99. The highest BCUT2D eigenvalue weighted by atomic mass is 16.5. The number of Topliss-reactive ketones (excluding diaryl/α,β-unsaturated/α-hetero) is 1. The van der Waals surface area contributed by atoms with Crippen molar-refractivity contribution in [3.63, 3.8) is 0 Å². The monoisotopic (exact) mass is 404 g/mol. The molecular formula is C24H24N2O4. The average Bonchev–Trinajstić information content (AvgIpc) is 3.31. The number of hydrogen-bond donors (Lipinski definition) is 1. The van der Waals surface area contributed by atoms with Crippen molar-refractivity contribution in [1.82, 2.24) is 4.98 Å². The molecule has 0 bridgehead atoms. The smallest absolute Gasteiger partial charge is 0.311 e. The number of aryl methyl sites for hydroxylation is 2. The number of carbonyl (C=O) groups excluding carboxylic acids is 3. The Morgan fingerprint density at radius 2 is 1.87 bits per heavy atom. The first-order valence-electron chi connectivity index (χ1n) is 10.1. The lowest BCUT2D eigenvalue weighted by Crippen LogP contribution is -2.27. The van der Waals surface area contributed by atoms with Crippen LogP contribution in [0.25, 0.3) is 10.9 Å². The molecule has 1 atom stereocenters. The Bertz CT molecular complexity index is 1110. The van der Waals surface area contributed by atoms with Crippen LogP contribution >= 0.6 is 0 Å². The summed E-state index contributed by atoms with van der Waals surface area (Å²) >= 11 is 0. The first kappa shape index (κ1) is 19.9. The number of fused-ring (bicyclic) bond motifs is 1. The van der Waals surface area contributed by atoms with E-state index in [0.29, 0.717) is 5.56 Å². The van der Waals surface area contributed by atoms with Crippen LogP contribution < -0.4 is 4.90 Å². The summed E-state index contributed by atoms with van der Waals surface area (Å²) in [6, 6.07) is 15.3. The minimum atomic E-state index is -0.569. The second-order valence-corrected chi connectivity index (χ2v) is 7.63. The first-order chi connectivity index (χ1) is 14.5. The number of hydrogen-bond acceptors (Lipinski definition) is 4. The number of H-pyrrole nitrogens is 1. The van der Waals surface area contributed by atoms with Gasteiger partial charge in [-0.15, -0.1) is 0 Å². The number of benzene rings is 2. The van der Waals surface area contributed by atoms with Gasteiger partial charge in [-0.05, 0) is 37.1 Å². The fraction of sp³-hybridized carbons (Fsp3) is 0.292. The lowest BCUT2D eigenvalue weighted by atomic mass is 10.1. The van der Waals surface area contributed by atoms with E-state index in [1.54, 1.807) is 4.90 Å². The summed E-state index contributed by atoms with van der Waals surface area (Å²) in [4.78, 5) is 42.4. The lowest BCUT2D eigenvalue weighted by Gasteiger charge is -2.17.